The first-order valence-electron chi connectivity index (χ1n) is 11.4. The fourth-order valence-corrected chi connectivity index (χ4v) is 4.09. The molecule has 0 saturated carbocycles. The van der Waals surface area contributed by atoms with Gasteiger partial charge in [-0.3, -0.25) is 4.79 Å². The first kappa shape index (κ1) is 22.9. The highest BCUT2D eigenvalue weighted by Gasteiger charge is 2.11. The van der Waals surface area contributed by atoms with Gasteiger partial charge in [0.15, 0.2) is 0 Å². The van der Waals surface area contributed by atoms with Crippen LogP contribution < -0.4 is 10.1 Å². The van der Waals surface area contributed by atoms with Crippen molar-refractivity contribution in [2.24, 2.45) is 0 Å². The predicted octanol–water partition coefficient (Wildman–Crippen LogP) is 5.91. The van der Waals surface area contributed by atoms with Crippen molar-refractivity contribution in [3.8, 4) is 5.75 Å². The molecule has 1 amide bonds. The van der Waals surface area contributed by atoms with Gasteiger partial charge in [-0.1, -0.05) is 60.5 Å². The lowest BCUT2D eigenvalue weighted by Crippen LogP contribution is -2.24. The van der Waals surface area contributed by atoms with Gasteiger partial charge in [-0.2, -0.15) is 0 Å². The second-order valence-corrected chi connectivity index (χ2v) is 8.28. The van der Waals surface area contributed by atoms with E-state index in [0.29, 0.717) is 23.7 Å². The van der Waals surface area contributed by atoms with Gasteiger partial charge < -0.3 is 14.6 Å². The molecule has 6 heteroatoms. The minimum Gasteiger partial charge on any atom is -0.492 e. The quantitative estimate of drug-likeness (QED) is 0.282. The molecule has 1 aromatic heterocycles. The Bertz CT molecular complexity index is 1190. The Balaban J connectivity index is 1.27. The van der Waals surface area contributed by atoms with E-state index in [1.165, 1.54) is 0 Å². The molecule has 0 radical (unpaired) electrons. The van der Waals surface area contributed by atoms with Crippen molar-refractivity contribution in [1.29, 1.82) is 0 Å². The van der Waals surface area contributed by atoms with Crippen molar-refractivity contribution < 1.29 is 9.53 Å². The van der Waals surface area contributed by atoms with Crippen LogP contribution in [0.5, 0.6) is 5.75 Å². The summed E-state index contributed by atoms with van der Waals surface area (Å²) < 4.78 is 8.17. The monoisotopic (exact) mass is 461 g/mol. The van der Waals surface area contributed by atoms with Crippen LogP contribution in [0, 0.1) is 0 Å². The molecule has 0 aliphatic carbocycles. The van der Waals surface area contributed by atoms with Gasteiger partial charge in [-0.25, -0.2) is 4.98 Å². The Labute approximate surface area is 199 Å². The molecule has 0 saturated heterocycles. The number of aromatic nitrogens is 2. The standard InChI is InChI=1S/C27H28ClN3O2/c28-23-14-7-6-13-22(23)27(32)29-18-10-2-5-17-26-30-24-15-8-9-16-25(24)31(26)19-20-33-21-11-3-1-4-12-21/h1,3-4,6-9,11-16H,2,5,10,17-20H2,(H,29,32). The van der Waals surface area contributed by atoms with Crippen LogP contribution in [-0.4, -0.2) is 28.6 Å². The largest absolute Gasteiger partial charge is 0.492 e. The van der Waals surface area contributed by atoms with Crippen LogP contribution >= 0.6 is 11.6 Å². The number of benzene rings is 3. The molecule has 0 bridgehead atoms. The van der Waals surface area contributed by atoms with Crippen molar-refractivity contribution in [2.75, 3.05) is 13.2 Å². The number of imidazole rings is 1. The summed E-state index contributed by atoms with van der Waals surface area (Å²) in [7, 11) is 0. The van der Waals surface area contributed by atoms with Crippen LogP contribution in [0.15, 0.2) is 78.9 Å². The van der Waals surface area contributed by atoms with E-state index in [0.717, 1.165) is 54.8 Å². The fraction of sp³-hybridized carbons (Fsp3) is 0.259. The smallest absolute Gasteiger partial charge is 0.252 e. The lowest BCUT2D eigenvalue weighted by atomic mass is 10.1. The number of hydrogen-bond acceptors (Lipinski definition) is 3. The molecule has 170 valence electrons. The number of rotatable bonds is 11. The number of unbranched alkanes of at least 4 members (excludes halogenated alkanes) is 2. The van der Waals surface area contributed by atoms with Gasteiger partial charge in [-0.05, 0) is 49.2 Å². The number of para-hydroxylation sites is 3. The Hall–Kier alpha value is -3.31. The average molecular weight is 462 g/mol. The summed E-state index contributed by atoms with van der Waals surface area (Å²) >= 11 is 6.09. The van der Waals surface area contributed by atoms with Crippen LogP contribution in [0.1, 0.15) is 35.4 Å². The maximum absolute atomic E-state index is 12.2. The first-order chi connectivity index (χ1) is 16.2. The zero-order valence-corrected chi connectivity index (χ0v) is 19.3. The normalized spacial score (nSPS) is 10.9. The van der Waals surface area contributed by atoms with E-state index in [-0.39, 0.29) is 5.91 Å². The fourth-order valence-electron chi connectivity index (χ4n) is 3.86. The van der Waals surface area contributed by atoms with Crippen molar-refractivity contribution in [3.05, 3.63) is 95.3 Å². The van der Waals surface area contributed by atoms with Gasteiger partial charge in [0.2, 0.25) is 0 Å². The van der Waals surface area contributed by atoms with Crippen molar-refractivity contribution in [3.63, 3.8) is 0 Å². The number of carbonyl (C=O) groups is 1. The summed E-state index contributed by atoms with van der Waals surface area (Å²) in [5.41, 5.74) is 2.67. The summed E-state index contributed by atoms with van der Waals surface area (Å²) in [6.45, 7) is 1.97. The highest BCUT2D eigenvalue weighted by molar-refractivity contribution is 6.33. The minimum absolute atomic E-state index is 0.124. The molecular formula is C27H28ClN3O2. The van der Waals surface area contributed by atoms with Crippen LogP contribution in [0.4, 0.5) is 0 Å². The van der Waals surface area contributed by atoms with Gasteiger partial charge in [0, 0.05) is 13.0 Å². The number of halogens is 1. The molecule has 0 spiro atoms. The van der Waals surface area contributed by atoms with Gasteiger partial charge >= 0.3 is 0 Å². The molecular weight excluding hydrogens is 434 g/mol. The van der Waals surface area contributed by atoms with Gasteiger partial charge in [0.05, 0.1) is 28.2 Å². The van der Waals surface area contributed by atoms with E-state index in [1.807, 2.05) is 54.6 Å². The maximum Gasteiger partial charge on any atom is 0.252 e. The molecule has 5 nitrogen and oxygen atoms in total. The highest BCUT2D eigenvalue weighted by Crippen LogP contribution is 2.19. The summed E-state index contributed by atoms with van der Waals surface area (Å²) in [6, 6.07) is 25.2. The number of amides is 1. The molecule has 0 unspecified atom stereocenters. The molecule has 1 N–H and O–H groups in total. The number of carbonyl (C=O) groups excluding carboxylic acids is 1. The Morgan fingerprint density at radius 2 is 1.67 bits per heavy atom. The summed E-state index contributed by atoms with van der Waals surface area (Å²) in [4.78, 5) is 17.1. The third-order valence-corrected chi connectivity index (χ3v) is 5.87. The molecule has 4 aromatic rings. The molecule has 1 heterocycles. The van der Waals surface area contributed by atoms with E-state index >= 15 is 0 Å². The third kappa shape index (κ3) is 6.14. The number of aryl methyl sites for hydroxylation is 1. The third-order valence-electron chi connectivity index (χ3n) is 5.54. The van der Waals surface area contributed by atoms with Crippen molar-refractivity contribution in [2.45, 2.75) is 32.2 Å². The van der Waals surface area contributed by atoms with Crippen molar-refractivity contribution >= 4 is 28.5 Å². The van der Waals surface area contributed by atoms with E-state index < -0.39 is 0 Å². The lowest BCUT2D eigenvalue weighted by Gasteiger charge is -2.11. The predicted molar refractivity (Wildman–Crippen MR) is 133 cm³/mol. The first-order valence-corrected chi connectivity index (χ1v) is 11.7. The number of ether oxygens (including phenoxy) is 1. The molecule has 4 rings (SSSR count). The Morgan fingerprint density at radius 1 is 0.909 bits per heavy atom. The molecule has 0 aliphatic heterocycles. The second-order valence-electron chi connectivity index (χ2n) is 7.88. The van der Waals surface area contributed by atoms with Crippen LogP contribution in [0.25, 0.3) is 11.0 Å². The second kappa shape index (κ2) is 11.5. The number of nitrogens with one attached hydrogen (secondary N) is 1. The maximum atomic E-state index is 12.2. The molecule has 0 fully saturated rings. The molecule has 0 atom stereocenters. The van der Waals surface area contributed by atoms with Crippen molar-refractivity contribution in [1.82, 2.24) is 14.9 Å². The highest BCUT2D eigenvalue weighted by atomic mass is 35.5. The van der Waals surface area contributed by atoms with E-state index in [2.05, 4.69) is 22.0 Å². The summed E-state index contributed by atoms with van der Waals surface area (Å²) in [5, 5.41) is 3.43. The number of nitrogens with zero attached hydrogens (tertiary/aromatic N) is 2. The Kier molecular flexibility index (Phi) is 7.99. The zero-order chi connectivity index (χ0) is 22.9. The summed E-state index contributed by atoms with van der Waals surface area (Å²) in [6.07, 6.45) is 3.81. The minimum atomic E-state index is -0.124. The van der Waals surface area contributed by atoms with Gasteiger partial charge in [0.1, 0.15) is 18.2 Å². The average Bonchev–Trinajstić information content (AvgIpc) is 3.19. The molecule has 3 aromatic carbocycles. The topological polar surface area (TPSA) is 56.2 Å². The number of hydrogen-bond donors (Lipinski definition) is 1. The number of fused-ring (bicyclic) bond motifs is 1. The van der Waals surface area contributed by atoms with E-state index in [9.17, 15) is 4.79 Å². The van der Waals surface area contributed by atoms with Gasteiger partial charge in [-0.15, -0.1) is 0 Å². The van der Waals surface area contributed by atoms with E-state index in [1.54, 1.807) is 12.1 Å². The van der Waals surface area contributed by atoms with Crippen LogP contribution in [0.2, 0.25) is 5.02 Å². The molecule has 0 aliphatic rings. The lowest BCUT2D eigenvalue weighted by molar-refractivity contribution is 0.0953. The van der Waals surface area contributed by atoms with Crippen LogP contribution in [-0.2, 0) is 13.0 Å². The zero-order valence-electron chi connectivity index (χ0n) is 18.5. The summed E-state index contributed by atoms with van der Waals surface area (Å²) in [5.74, 6) is 1.83. The van der Waals surface area contributed by atoms with Crippen LogP contribution in [0.3, 0.4) is 0 Å². The van der Waals surface area contributed by atoms with Gasteiger partial charge in [0.25, 0.3) is 5.91 Å². The van der Waals surface area contributed by atoms with E-state index in [4.69, 9.17) is 21.3 Å². The Morgan fingerprint density at radius 3 is 2.52 bits per heavy atom. The molecule has 33 heavy (non-hydrogen) atoms. The SMILES string of the molecule is O=C(NCCCCCc1nc2ccccc2n1CCOc1ccccc1)c1ccccc1Cl.